The molecule has 0 aliphatic heterocycles. The van der Waals surface area contributed by atoms with E-state index in [1.807, 2.05) is 6.92 Å². The van der Waals surface area contributed by atoms with Gasteiger partial charge in [0.2, 0.25) is 11.8 Å². The molecule has 2 rings (SSSR count). The fourth-order valence-corrected chi connectivity index (χ4v) is 1.77. The number of amides is 1. The Morgan fingerprint density at radius 1 is 1.33 bits per heavy atom. The van der Waals surface area contributed by atoms with Crippen molar-refractivity contribution in [3.8, 4) is 11.6 Å². The first-order chi connectivity index (χ1) is 10.1. The summed E-state index contributed by atoms with van der Waals surface area (Å²) in [5, 5.41) is 2.74. The Morgan fingerprint density at radius 3 is 2.76 bits per heavy atom. The average molecular weight is 288 g/mol. The van der Waals surface area contributed by atoms with Gasteiger partial charge in [-0.15, -0.1) is 0 Å². The number of aromatic nitrogens is 1. The number of pyridine rings is 1. The molecule has 21 heavy (non-hydrogen) atoms. The van der Waals surface area contributed by atoms with Gasteiger partial charge in [0, 0.05) is 12.5 Å². The van der Waals surface area contributed by atoms with Crippen molar-refractivity contribution < 1.29 is 13.9 Å². The molecule has 1 aromatic carbocycles. The van der Waals surface area contributed by atoms with Crippen LogP contribution in [0.25, 0.3) is 0 Å². The van der Waals surface area contributed by atoms with E-state index in [0.29, 0.717) is 29.3 Å². The summed E-state index contributed by atoms with van der Waals surface area (Å²) in [5.74, 6) is 0.588. The molecule has 0 bridgehead atoms. The molecule has 2 aromatic rings. The van der Waals surface area contributed by atoms with Crippen LogP contribution in [0.2, 0.25) is 0 Å². The first-order valence-electron chi connectivity index (χ1n) is 6.78. The Hall–Kier alpha value is -2.43. The van der Waals surface area contributed by atoms with Gasteiger partial charge in [-0.2, -0.15) is 0 Å². The highest BCUT2D eigenvalue weighted by Gasteiger charge is 2.04. The lowest BCUT2D eigenvalue weighted by Crippen LogP contribution is -2.10. The molecule has 0 radical (unpaired) electrons. The van der Waals surface area contributed by atoms with Gasteiger partial charge in [0.15, 0.2) is 0 Å². The topological polar surface area (TPSA) is 51.2 Å². The number of hydrogen-bond donors (Lipinski definition) is 1. The van der Waals surface area contributed by atoms with Gasteiger partial charge in [-0.3, -0.25) is 4.79 Å². The summed E-state index contributed by atoms with van der Waals surface area (Å²) in [5.41, 5.74) is 1.13. The highest BCUT2D eigenvalue weighted by Crippen LogP contribution is 2.22. The number of nitrogens with one attached hydrogen (secondary N) is 1. The van der Waals surface area contributed by atoms with Crippen molar-refractivity contribution in [1.82, 2.24) is 4.98 Å². The minimum atomic E-state index is -0.274. The maximum absolute atomic E-state index is 13.2. The largest absolute Gasteiger partial charge is 0.439 e. The van der Waals surface area contributed by atoms with E-state index in [1.165, 1.54) is 12.3 Å². The van der Waals surface area contributed by atoms with Crippen LogP contribution in [0.3, 0.4) is 0 Å². The number of anilines is 1. The van der Waals surface area contributed by atoms with Crippen molar-refractivity contribution in [2.24, 2.45) is 0 Å². The fourth-order valence-electron chi connectivity index (χ4n) is 1.77. The quantitative estimate of drug-likeness (QED) is 0.902. The zero-order valence-electron chi connectivity index (χ0n) is 12.0. The Morgan fingerprint density at radius 2 is 2.14 bits per heavy atom. The van der Waals surface area contributed by atoms with Crippen molar-refractivity contribution in [2.45, 2.75) is 26.7 Å². The molecule has 0 aliphatic carbocycles. The normalized spacial score (nSPS) is 10.2. The van der Waals surface area contributed by atoms with Crippen LogP contribution in [-0.4, -0.2) is 10.9 Å². The summed E-state index contributed by atoms with van der Waals surface area (Å²) in [7, 11) is 0. The van der Waals surface area contributed by atoms with Crippen LogP contribution in [0.1, 0.15) is 25.3 Å². The number of carbonyl (C=O) groups excluding carboxylic acids is 1. The van der Waals surface area contributed by atoms with E-state index >= 15 is 0 Å². The number of halogens is 1. The standard InChI is InChI=1S/C16H17FN2O2/c1-3-4-15(20)19-12-5-8-16(18-10-12)21-13-6-7-14(17)11(2)9-13/h5-10H,3-4H2,1-2H3,(H,19,20). The minimum absolute atomic E-state index is 0.0397. The molecule has 0 spiro atoms. The monoisotopic (exact) mass is 288 g/mol. The summed E-state index contributed by atoms with van der Waals surface area (Å²) in [6, 6.07) is 7.87. The molecule has 1 heterocycles. The number of benzene rings is 1. The SMILES string of the molecule is CCCC(=O)Nc1ccc(Oc2ccc(F)c(C)c2)nc1. The number of rotatable bonds is 5. The number of hydrogen-bond acceptors (Lipinski definition) is 3. The Bertz CT molecular complexity index is 627. The van der Waals surface area contributed by atoms with Gasteiger partial charge in [0.25, 0.3) is 0 Å². The second kappa shape index (κ2) is 6.83. The molecule has 0 atom stereocenters. The van der Waals surface area contributed by atoms with Crippen LogP contribution in [0, 0.1) is 12.7 Å². The van der Waals surface area contributed by atoms with Gasteiger partial charge < -0.3 is 10.1 Å². The third-order valence-electron chi connectivity index (χ3n) is 2.85. The molecule has 0 saturated carbocycles. The van der Waals surface area contributed by atoms with Crippen molar-refractivity contribution in [1.29, 1.82) is 0 Å². The Labute approximate surface area is 123 Å². The van der Waals surface area contributed by atoms with Crippen LogP contribution in [0.4, 0.5) is 10.1 Å². The molecular weight excluding hydrogens is 271 g/mol. The van der Waals surface area contributed by atoms with Crippen LogP contribution in [0.5, 0.6) is 11.6 Å². The van der Waals surface area contributed by atoms with E-state index in [1.54, 1.807) is 31.2 Å². The lowest BCUT2D eigenvalue weighted by molar-refractivity contribution is -0.116. The molecule has 1 amide bonds. The zero-order chi connectivity index (χ0) is 15.2. The van der Waals surface area contributed by atoms with Crippen LogP contribution < -0.4 is 10.1 Å². The van der Waals surface area contributed by atoms with Gasteiger partial charge in [0.1, 0.15) is 11.6 Å². The van der Waals surface area contributed by atoms with E-state index in [0.717, 1.165) is 6.42 Å². The summed E-state index contributed by atoms with van der Waals surface area (Å²) in [6.07, 6.45) is 2.80. The molecule has 0 saturated heterocycles. The van der Waals surface area contributed by atoms with E-state index in [4.69, 9.17) is 4.74 Å². The molecular formula is C16H17FN2O2. The van der Waals surface area contributed by atoms with Gasteiger partial charge >= 0.3 is 0 Å². The minimum Gasteiger partial charge on any atom is -0.439 e. The van der Waals surface area contributed by atoms with Crippen LogP contribution in [0.15, 0.2) is 36.5 Å². The molecule has 1 N–H and O–H groups in total. The fraction of sp³-hybridized carbons (Fsp3) is 0.250. The van der Waals surface area contributed by atoms with Crippen LogP contribution >= 0.6 is 0 Å². The maximum Gasteiger partial charge on any atom is 0.224 e. The molecule has 110 valence electrons. The van der Waals surface area contributed by atoms with Crippen LogP contribution in [-0.2, 0) is 4.79 Å². The van der Waals surface area contributed by atoms with E-state index in [-0.39, 0.29) is 11.7 Å². The highest BCUT2D eigenvalue weighted by atomic mass is 19.1. The van der Waals surface area contributed by atoms with Gasteiger partial charge in [-0.25, -0.2) is 9.37 Å². The third-order valence-corrected chi connectivity index (χ3v) is 2.85. The molecule has 5 heteroatoms. The second-order valence-corrected chi connectivity index (χ2v) is 4.70. The third kappa shape index (κ3) is 4.27. The lowest BCUT2D eigenvalue weighted by Gasteiger charge is -2.07. The lowest BCUT2D eigenvalue weighted by atomic mass is 10.2. The van der Waals surface area contributed by atoms with E-state index < -0.39 is 0 Å². The van der Waals surface area contributed by atoms with Gasteiger partial charge in [-0.05, 0) is 43.2 Å². The molecule has 0 aliphatic rings. The van der Waals surface area contributed by atoms with E-state index in [9.17, 15) is 9.18 Å². The zero-order valence-corrected chi connectivity index (χ0v) is 12.0. The molecule has 1 aromatic heterocycles. The maximum atomic E-state index is 13.2. The van der Waals surface area contributed by atoms with Crippen molar-refractivity contribution in [2.75, 3.05) is 5.32 Å². The van der Waals surface area contributed by atoms with Crippen molar-refractivity contribution >= 4 is 11.6 Å². The number of nitrogens with zero attached hydrogens (tertiary/aromatic N) is 1. The Balaban J connectivity index is 2.01. The summed E-state index contributed by atoms with van der Waals surface area (Å²) in [4.78, 5) is 15.6. The smallest absolute Gasteiger partial charge is 0.224 e. The van der Waals surface area contributed by atoms with Crippen molar-refractivity contribution in [3.63, 3.8) is 0 Å². The highest BCUT2D eigenvalue weighted by molar-refractivity contribution is 5.90. The predicted molar refractivity (Wildman–Crippen MR) is 79.0 cm³/mol. The first kappa shape index (κ1) is 15.0. The van der Waals surface area contributed by atoms with E-state index in [2.05, 4.69) is 10.3 Å². The molecule has 0 fully saturated rings. The average Bonchev–Trinajstić information content (AvgIpc) is 2.45. The summed E-state index contributed by atoms with van der Waals surface area (Å²) >= 11 is 0. The first-order valence-corrected chi connectivity index (χ1v) is 6.78. The Kier molecular flexibility index (Phi) is 4.87. The predicted octanol–water partition coefficient (Wildman–Crippen LogP) is 4.06. The summed E-state index contributed by atoms with van der Waals surface area (Å²) < 4.78 is 18.7. The van der Waals surface area contributed by atoms with Crippen molar-refractivity contribution in [3.05, 3.63) is 47.9 Å². The van der Waals surface area contributed by atoms with Gasteiger partial charge in [0.05, 0.1) is 11.9 Å². The molecule has 0 unspecified atom stereocenters. The summed E-state index contributed by atoms with van der Waals surface area (Å²) in [6.45, 7) is 3.61. The number of carbonyl (C=O) groups is 1. The second-order valence-electron chi connectivity index (χ2n) is 4.70. The number of aryl methyl sites for hydroxylation is 1. The number of ether oxygens (including phenoxy) is 1. The van der Waals surface area contributed by atoms with Gasteiger partial charge in [-0.1, -0.05) is 6.92 Å². The molecule has 4 nitrogen and oxygen atoms in total.